The zero-order valence-corrected chi connectivity index (χ0v) is 50.8. The first-order valence-corrected chi connectivity index (χ1v) is 29.3. The maximum absolute atomic E-state index is 13.2. The Morgan fingerprint density at radius 2 is 0.787 bits per heavy atom. The average molecular weight is 1370 g/mol. The van der Waals surface area contributed by atoms with Gasteiger partial charge in [0.05, 0.1) is 63.9 Å². The largest absolute Gasteiger partial charge is 0.477 e. The lowest BCUT2D eigenvalue weighted by Gasteiger charge is -2.51. The lowest BCUT2D eigenvalue weighted by molar-refractivity contribution is -0.380. The van der Waals surface area contributed by atoms with Gasteiger partial charge in [-0.2, -0.15) is 0 Å². The topological polar surface area (TPSA) is 666 Å². The van der Waals surface area contributed by atoms with Crippen LogP contribution in [0.1, 0.15) is 47.5 Å². The fourth-order valence-electron chi connectivity index (χ4n) is 11.7. The third-order valence-corrected chi connectivity index (χ3v) is 16.4. The number of hydrogen-bond donors (Lipinski definition) is 24. The second kappa shape index (κ2) is 33.1. The summed E-state index contributed by atoms with van der Waals surface area (Å²) in [5.41, 5.74) is 0. The number of hydrogen-bond acceptors (Lipinski definition) is 35. The first-order chi connectivity index (χ1) is 44.0. The Hall–Kier alpha value is -4.83. The molecule has 6 fully saturated rings. The molecule has 0 saturated carbocycles. The Kier molecular flexibility index (Phi) is 27.6. The summed E-state index contributed by atoms with van der Waals surface area (Å²) in [6, 6.07) is -9.02. The van der Waals surface area contributed by atoms with Crippen LogP contribution in [0.25, 0.3) is 0 Å². The maximum Gasteiger partial charge on any atom is 0.364 e. The normalized spacial score (nSPS) is 42.4. The van der Waals surface area contributed by atoms with Gasteiger partial charge in [-0.1, -0.05) is 0 Å². The van der Waals surface area contributed by atoms with E-state index in [9.17, 15) is 131 Å². The summed E-state index contributed by atoms with van der Waals surface area (Å²) < 4.78 is 64.0. The minimum absolute atomic E-state index is 0.822. The van der Waals surface area contributed by atoms with Crippen LogP contribution in [0.15, 0.2) is 0 Å². The molecule has 6 aliphatic heterocycles. The molecule has 94 heavy (non-hydrogen) atoms. The molecule has 5 amide bonds. The van der Waals surface area contributed by atoms with E-state index < -0.39 is 289 Å². The monoisotopic (exact) mass is 1370 g/mol. The Balaban J connectivity index is 1.34. The standard InChI is InChI=1S/C52H85N5O37/c1-14(62)53-27-19(67)6-51(49(80)81,93-42(27)32(71)21(69)8-58)84-12-25-35(74)41(31(45(79)86-25)57-18(5)66)91-47-30(56-17(4)65)38(77)40(24(11-61)88-47)90-48-39(78)44(92-46-29(55-16(3)64)37(76)34(73)23(10-60)87-46)36(75)26(89-48)13-85-52(50(82)83)7-20(68)28(54-15(2)63)43(94-52)33(72)22(70)9-59/h19-48,58-61,67-79H,6-13H2,1-5H3,(H,53,62)(H,54,63)(H,55,64)(H,56,65)(H,57,66)(H,80,81)(H,82,83)/t19-,20-,21+,22+,23+,24+,25+,26+,27+,28+,29+,30+,31+,32+,33+,34+,35-,36-,37+,38+,39+,40+,41+,42+,43+,44-,45?,46-,47-,48-,51+,52+/m0/s1. The van der Waals surface area contributed by atoms with E-state index >= 15 is 0 Å². The second-order valence-electron chi connectivity index (χ2n) is 23.4. The summed E-state index contributed by atoms with van der Waals surface area (Å²) in [5, 5.41) is 219. The van der Waals surface area contributed by atoms with Crippen molar-refractivity contribution < 1.29 is 183 Å². The van der Waals surface area contributed by atoms with E-state index in [4.69, 9.17) is 52.1 Å². The molecule has 6 saturated heterocycles. The maximum atomic E-state index is 13.2. The van der Waals surface area contributed by atoms with E-state index in [-0.39, 0.29) is 0 Å². The molecule has 42 nitrogen and oxygen atoms in total. The average Bonchev–Trinajstić information content (AvgIpc) is 0.780. The highest BCUT2D eigenvalue weighted by Gasteiger charge is 2.61. The number of carbonyl (C=O) groups is 7. The van der Waals surface area contributed by atoms with Crippen LogP contribution >= 0.6 is 0 Å². The van der Waals surface area contributed by atoms with Gasteiger partial charge in [-0.15, -0.1) is 0 Å². The van der Waals surface area contributed by atoms with Gasteiger partial charge in [-0.3, -0.25) is 24.0 Å². The summed E-state index contributed by atoms with van der Waals surface area (Å²) >= 11 is 0. The molecule has 0 aromatic rings. The van der Waals surface area contributed by atoms with E-state index in [1.807, 2.05) is 0 Å². The third kappa shape index (κ3) is 17.7. The van der Waals surface area contributed by atoms with Crippen LogP contribution < -0.4 is 26.6 Å². The summed E-state index contributed by atoms with van der Waals surface area (Å²) in [7, 11) is 0. The predicted octanol–water partition coefficient (Wildman–Crippen LogP) is -15.0. The summed E-state index contributed by atoms with van der Waals surface area (Å²) in [5.74, 6) is -14.8. The minimum Gasteiger partial charge on any atom is -0.477 e. The van der Waals surface area contributed by atoms with Crippen LogP contribution in [0, 0.1) is 0 Å². The van der Waals surface area contributed by atoms with Crippen molar-refractivity contribution in [2.45, 2.75) is 243 Å². The number of ether oxygens (including phenoxy) is 11. The van der Waals surface area contributed by atoms with Gasteiger partial charge in [-0.25, -0.2) is 9.59 Å². The Morgan fingerprint density at radius 3 is 1.20 bits per heavy atom. The Bertz CT molecular complexity index is 2570. The molecule has 32 atom stereocenters. The van der Waals surface area contributed by atoms with Crippen molar-refractivity contribution in [1.29, 1.82) is 0 Å². The van der Waals surface area contributed by atoms with Gasteiger partial charge in [0.25, 0.3) is 11.6 Å². The van der Waals surface area contributed by atoms with Gasteiger partial charge in [0.1, 0.15) is 134 Å². The summed E-state index contributed by atoms with van der Waals surface area (Å²) in [6.45, 7) is -2.25. The van der Waals surface area contributed by atoms with Crippen molar-refractivity contribution in [1.82, 2.24) is 26.6 Å². The van der Waals surface area contributed by atoms with Crippen LogP contribution in [-0.2, 0) is 85.7 Å². The van der Waals surface area contributed by atoms with Crippen molar-refractivity contribution in [3.8, 4) is 0 Å². The summed E-state index contributed by atoms with van der Waals surface area (Å²) in [6.07, 6.45) is -55.5. The molecule has 0 aromatic heterocycles. The number of aliphatic carboxylic acids is 2. The molecule has 540 valence electrons. The SMILES string of the molecule is CC(=O)N[C@H]1[C@H](O[C@H]2[C@@H](O)[C@@H](CO[C@]3(C(=O)O)C[C@H](O)[C@@H](NC(C)=O)[C@H]([C@H](O)[C@H](O)CO)O3)OC(O)[C@@H]2NC(C)=O)O[C@H](CO)[C@@H](O[C@@H]2O[C@H](CO[C@]3(C(=O)O)C[C@H](O)[C@@H](NC(C)=O)[C@H]([C@H](O)[C@H](O)CO)O3)[C@H](O)[C@H](O[C@@H]3O[C@H](CO)[C@@H](O)[C@H](O)[C@H]3NC(C)=O)[C@H]2O)[C@@H]1O. The first-order valence-electron chi connectivity index (χ1n) is 29.3. The molecule has 0 radical (unpaired) electrons. The number of rotatable bonds is 27. The molecule has 0 spiro atoms. The highest BCUT2D eigenvalue weighted by molar-refractivity contribution is 5.78. The van der Waals surface area contributed by atoms with Gasteiger partial charge in [0, 0.05) is 47.5 Å². The first kappa shape index (κ1) is 78.2. The molecule has 0 aromatic carbocycles. The smallest absolute Gasteiger partial charge is 0.364 e. The number of aliphatic hydroxyl groups excluding tert-OH is 17. The molecule has 6 aliphatic rings. The van der Waals surface area contributed by atoms with Gasteiger partial charge < -0.3 is 176 Å². The number of amides is 5. The molecule has 0 aliphatic carbocycles. The molecular formula is C52H85N5O37. The van der Waals surface area contributed by atoms with Crippen molar-refractivity contribution >= 4 is 41.5 Å². The number of carbonyl (C=O) groups excluding carboxylic acids is 5. The highest BCUT2D eigenvalue weighted by atomic mass is 16.8. The van der Waals surface area contributed by atoms with Gasteiger partial charge in [0.15, 0.2) is 25.2 Å². The number of nitrogens with one attached hydrogen (secondary N) is 5. The fourth-order valence-corrected chi connectivity index (χ4v) is 11.7. The molecular weight excluding hydrogens is 1290 g/mol. The number of carboxylic acids is 2. The van der Waals surface area contributed by atoms with Crippen molar-refractivity contribution in [3.05, 3.63) is 0 Å². The predicted molar refractivity (Wildman–Crippen MR) is 292 cm³/mol. The number of aliphatic hydroxyl groups is 17. The zero-order valence-electron chi connectivity index (χ0n) is 50.8. The molecule has 6 rings (SSSR count). The van der Waals surface area contributed by atoms with Gasteiger partial charge >= 0.3 is 11.9 Å². The lowest BCUT2D eigenvalue weighted by Crippen LogP contribution is -2.71. The lowest BCUT2D eigenvalue weighted by atomic mass is 9.88. The van der Waals surface area contributed by atoms with Crippen LogP contribution in [0.5, 0.6) is 0 Å². The molecule has 42 heteroatoms. The Labute approximate surface area is 532 Å². The van der Waals surface area contributed by atoms with Crippen molar-refractivity contribution in [3.63, 3.8) is 0 Å². The third-order valence-electron chi connectivity index (χ3n) is 16.4. The Morgan fingerprint density at radius 1 is 0.426 bits per heavy atom. The zero-order chi connectivity index (χ0) is 70.3. The van der Waals surface area contributed by atoms with Crippen molar-refractivity contribution in [2.75, 3.05) is 39.6 Å². The van der Waals surface area contributed by atoms with Gasteiger partial charge in [0.2, 0.25) is 29.5 Å². The second-order valence-corrected chi connectivity index (χ2v) is 23.4. The molecule has 24 N–H and O–H groups in total. The van der Waals surface area contributed by atoms with Crippen LogP contribution in [0.2, 0.25) is 0 Å². The van der Waals surface area contributed by atoms with Crippen LogP contribution in [0.3, 0.4) is 0 Å². The summed E-state index contributed by atoms with van der Waals surface area (Å²) in [4.78, 5) is 88.4. The quantitative estimate of drug-likeness (QED) is 0.0363. The minimum atomic E-state index is -3.15. The van der Waals surface area contributed by atoms with E-state index in [1.54, 1.807) is 0 Å². The van der Waals surface area contributed by atoms with Crippen molar-refractivity contribution in [2.24, 2.45) is 0 Å². The fraction of sp³-hybridized carbons (Fsp3) is 0.865. The molecule has 6 heterocycles. The van der Waals surface area contributed by atoms with Crippen LogP contribution in [-0.4, -0.2) is 373 Å². The van der Waals surface area contributed by atoms with E-state index in [1.165, 1.54) is 0 Å². The van der Waals surface area contributed by atoms with E-state index in [0.29, 0.717) is 0 Å². The van der Waals surface area contributed by atoms with E-state index in [2.05, 4.69) is 26.6 Å². The van der Waals surface area contributed by atoms with Gasteiger partial charge in [-0.05, 0) is 0 Å². The van der Waals surface area contributed by atoms with E-state index in [0.717, 1.165) is 34.6 Å². The molecule has 1 unspecified atom stereocenters. The molecule has 0 bridgehead atoms. The highest BCUT2D eigenvalue weighted by Crippen LogP contribution is 2.40. The number of carboxylic acid groups (broad SMARTS) is 2. The van der Waals surface area contributed by atoms with Crippen LogP contribution in [0.4, 0.5) is 0 Å².